The van der Waals surface area contributed by atoms with Gasteiger partial charge in [-0.05, 0) is 23.8 Å². The highest BCUT2D eigenvalue weighted by Gasteiger charge is 2.18. The summed E-state index contributed by atoms with van der Waals surface area (Å²) >= 11 is 0. The number of amides is 1. The van der Waals surface area contributed by atoms with E-state index in [9.17, 15) is 4.79 Å². The monoisotopic (exact) mass is 340 g/mol. The zero-order valence-corrected chi connectivity index (χ0v) is 14.7. The van der Waals surface area contributed by atoms with Crippen molar-refractivity contribution in [2.45, 2.75) is 6.54 Å². The fourth-order valence-electron chi connectivity index (χ4n) is 2.96. The molecule has 0 fully saturated rings. The van der Waals surface area contributed by atoms with Crippen LogP contribution in [0.25, 0.3) is 0 Å². The highest BCUT2D eigenvalue weighted by molar-refractivity contribution is 5.94. The zero-order chi connectivity index (χ0) is 17.6. The van der Waals surface area contributed by atoms with Gasteiger partial charge < -0.3 is 19.9 Å². The van der Waals surface area contributed by atoms with E-state index in [1.165, 1.54) is 11.3 Å². The van der Waals surface area contributed by atoms with E-state index >= 15 is 0 Å². The molecule has 0 spiro atoms. The van der Waals surface area contributed by atoms with E-state index in [0.29, 0.717) is 18.7 Å². The van der Waals surface area contributed by atoms with Crippen LogP contribution in [0.4, 0.5) is 11.5 Å². The number of methoxy groups -OCH3 is 1. The average molecular weight is 340 g/mol. The maximum Gasteiger partial charge on any atom is 0.252 e. The maximum atomic E-state index is 12.0. The van der Waals surface area contributed by atoms with Gasteiger partial charge in [-0.3, -0.25) is 4.79 Å². The molecule has 1 aliphatic heterocycles. The van der Waals surface area contributed by atoms with Crippen LogP contribution in [-0.4, -0.2) is 51.3 Å². The van der Waals surface area contributed by atoms with Crippen LogP contribution < -0.4 is 15.1 Å². The molecule has 2 aromatic rings. The maximum absolute atomic E-state index is 12.0. The first-order chi connectivity index (χ1) is 12.2. The first-order valence-corrected chi connectivity index (χ1v) is 8.46. The highest BCUT2D eigenvalue weighted by Crippen LogP contribution is 2.26. The minimum absolute atomic E-state index is 0.128. The molecule has 6 nitrogen and oxygen atoms in total. The van der Waals surface area contributed by atoms with Crippen molar-refractivity contribution in [1.82, 2.24) is 10.3 Å². The quantitative estimate of drug-likeness (QED) is 0.843. The topological polar surface area (TPSA) is 57.7 Å². The Labute approximate surface area is 148 Å². The number of fused-ring (bicyclic) bond motifs is 1. The van der Waals surface area contributed by atoms with Crippen LogP contribution in [0.2, 0.25) is 0 Å². The van der Waals surface area contributed by atoms with Crippen LogP contribution >= 0.6 is 0 Å². The van der Waals surface area contributed by atoms with Crippen LogP contribution in [0.1, 0.15) is 15.9 Å². The normalized spacial score (nSPS) is 14.0. The molecule has 0 atom stereocenters. The van der Waals surface area contributed by atoms with Crippen LogP contribution in [0, 0.1) is 0 Å². The average Bonchev–Trinajstić information content (AvgIpc) is 2.81. The Bertz CT molecular complexity index is 718. The summed E-state index contributed by atoms with van der Waals surface area (Å²) in [6.07, 6.45) is 1.64. The second-order valence-electron chi connectivity index (χ2n) is 6.13. The van der Waals surface area contributed by atoms with Gasteiger partial charge in [-0.15, -0.1) is 0 Å². The third kappa shape index (κ3) is 4.09. The Balaban J connectivity index is 1.71. The van der Waals surface area contributed by atoms with Crippen molar-refractivity contribution in [3.63, 3.8) is 0 Å². The third-order valence-corrected chi connectivity index (χ3v) is 4.40. The Kier molecular flexibility index (Phi) is 5.50. The number of ether oxygens (including phenoxy) is 1. The Hall–Kier alpha value is -2.60. The smallest absolute Gasteiger partial charge is 0.252 e. The molecule has 6 heteroatoms. The summed E-state index contributed by atoms with van der Waals surface area (Å²) in [5.41, 5.74) is 3.11. The number of aromatic nitrogens is 1. The third-order valence-electron chi connectivity index (χ3n) is 4.40. The first-order valence-electron chi connectivity index (χ1n) is 8.46. The van der Waals surface area contributed by atoms with Crippen LogP contribution in [0.5, 0.6) is 0 Å². The van der Waals surface area contributed by atoms with Crippen LogP contribution in [-0.2, 0) is 11.3 Å². The second-order valence-corrected chi connectivity index (χ2v) is 6.13. The number of benzene rings is 1. The van der Waals surface area contributed by atoms with Gasteiger partial charge in [-0.25, -0.2) is 4.98 Å². The van der Waals surface area contributed by atoms with Gasteiger partial charge in [-0.2, -0.15) is 0 Å². The Morgan fingerprint density at radius 1 is 1.24 bits per heavy atom. The molecule has 0 saturated carbocycles. The number of para-hydroxylation sites is 1. The number of carbonyl (C=O) groups excluding carboxylic acids is 1. The van der Waals surface area contributed by atoms with Gasteiger partial charge in [0.05, 0.1) is 12.2 Å². The molecule has 25 heavy (non-hydrogen) atoms. The number of nitrogens with zero attached hydrogens (tertiary/aromatic N) is 3. The second kappa shape index (κ2) is 7.98. The fourth-order valence-corrected chi connectivity index (χ4v) is 2.96. The molecule has 1 aliphatic rings. The van der Waals surface area contributed by atoms with Crippen molar-refractivity contribution >= 4 is 17.4 Å². The molecule has 132 valence electrons. The minimum Gasteiger partial charge on any atom is -0.383 e. The summed E-state index contributed by atoms with van der Waals surface area (Å²) in [4.78, 5) is 21.1. The molecular formula is C19H24N4O2. The molecular weight excluding hydrogens is 316 g/mol. The minimum atomic E-state index is -0.128. The lowest BCUT2D eigenvalue weighted by Gasteiger charge is -2.22. The summed E-state index contributed by atoms with van der Waals surface area (Å²) in [5.74, 6) is 0.760. The fraction of sp³-hybridized carbons (Fsp3) is 0.368. The Morgan fingerprint density at radius 2 is 2.08 bits per heavy atom. The van der Waals surface area contributed by atoms with Gasteiger partial charge in [0, 0.05) is 52.2 Å². The molecule has 0 radical (unpaired) electrons. The van der Waals surface area contributed by atoms with Gasteiger partial charge in [0.25, 0.3) is 5.91 Å². The van der Waals surface area contributed by atoms with E-state index in [2.05, 4.69) is 51.4 Å². The van der Waals surface area contributed by atoms with Gasteiger partial charge in [0.2, 0.25) is 0 Å². The Morgan fingerprint density at radius 3 is 2.84 bits per heavy atom. The predicted molar refractivity (Wildman–Crippen MR) is 99.2 cm³/mol. The van der Waals surface area contributed by atoms with Gasteiger partial charge >= 0.3 is 0 Å². The SMILES string of the molecule is COCCNC(=O)c1ccc(N2CCN(C)c3ccccc3C2)nc1. The summed E-state index contributed by atoms with van der Waals surface area (Å²) in [6.45, 7) is 3.62. The van der Waals surface area contributed by atoms with Gasteiger partial charge in [0.15, 0.2) is 0 Å². The van der Waals surface area contributed by atoms with Crippen molar-refractivity contribution in [2.75, 3.05) is 50.2 Å². The lowest BCUT2D eigenvalue weighted by Crippen LogP contribution is -2.30. The van der Waals surface area contributed by atoms with Gasteiger partial charge in [0.1, 0.15) is 5.82 Å². The van der Waals surface area contributed by atoms with Crippen molar-refractivity contribution < 1.29 is 9.53 Å². The number of hydrogen-bond acceptors (Lipinski definition) is 5. The largest absolute Gasteiger partial charge is 0.383 e. The van der Waals surface area contributed by atoms with Crippen molar-refractivity contribution in [1.29, 1.82) is 0 Å². The first kappa shape index (κ1) is 17.2. The zero-order valence-electron chi connectivity index (χ0n) is 14.7. The number of anilines is 2. The molecule has 0 aliphatic carbocycles. The molecule has 1 amide bonds. The van der Waals surface area contributed by atoms with E-state index in [4.69, 9.17) is 4.74 Å². The van der Waals surface area contributed by atoms with E-state index in [1.54, 1.807) is 13.3 Å². The van der Waals surface area contributed by atoms with Crippen molar-refractivity contribution in [3.8, 4) is 0 Å². The molecule has 1 N–H and O–H groups in total. The molecule has 0 unspecified atom stereocenters. The summed E-state index contributed by atoms with van der Waals surface area (Å²) in [7, 11) is 3.72. The summed E-state index contributed by atoms with van der Waals surface area (Å²) < 4.78 is 4.93. The summed E-state index contributed by atoms with van der Waals surface area (Å²) in [5, 5.41) is 2.80. The van der Waals surface area contributed by atoms with Crippen molar-refractivity contribution in [3.05, 3.63) is 53.7 Å². The lowest BCUT2D eigenvalue weighted by molar-refractivity contribution is 0.0937. The highest BCUT2D eigenvalue weighted by atomic mass is 16.5. The molecule has 3 rings (SSSR count). The predicted octanol–water partition coefficient (Wildman–Crippen LogP) is 1.91. The van der Waals surface area contributed by atoms with E-state index in [0.717, 1.165) is 25.5 Å². The van der Waals surface area contributed by atoms with Crippen LogP contribution in [0.15, 0.2) is 42.6 Å². The number of carbonyl (C=O) groups is 1. The standard InChI is InChI=1S/C19H24N4O2/c1-22-10-11-23(14-16-5-3-4-6-17(16)22)18-8-7-15(13-21-18)19(24)20-9-12-25-2/h3-8,13H,9-12,14H2,1-2H3,(H,20,24). The van der Waals surface area contributed by atoms with E-state index in [-0.39, 0.29) is 5.91 Å². The number of pyridine rings is 1. The molecule has 2 heterocycles. The molecule has 1 aromatic carbocycles. The number of hydrogen-bond donors (Lipinski definition) is 1. The molecule has 0 saturated heterocycles. The van der Waals surface area contributed by atoms with E-state index < -0.39 is 0 Å². The number of nitrogens with one attached hydrogen (secondary N) is 1. The van der Waals surface area contributed by atoms with Crippen LogP contribution in [0.3, 0.4) is 0 Å². The summed E-state index contributed by atoms with van der Waals surface area (Å²) in [6, 6.07) is 12.2. The van der Waals surface area contributed by atoms with Gasteiger partial charge in [-0.1, -0.05) is 18.2 Å². The van der Waals surface area contributed by atoms with E-state index in [1.807, 2.05) is 12.1 Å². The molecule has 0 bridgehead atoms. The number of rotatable bonds is 5. The molecule has 1 aromatic heterocycles. The lowest BCUT2D eigenvalue weighted by atomic mass is 10.1. The number of likely N-dealkylation sites (N-methyl/N-ethyl adjacent to an activating group) is 1. The van der Waals surface area contributed by atoms with Crippen molar-refractivity contribution in [2.24, 2.45) is 0 Å².